The minimum Gasteiger partial charge on any atom is -0.478 e. The largest absolute Gasteiger partial charge is 0.478 e. The maximum atomic E-state index is 12.6. The smallest absolute Gasteiger partial charge is 0.335 e. The van der Waals surface area contributed by atoms with E-state index in [9.17, 15) is 9.59 Å². The highest BCUT2D eigenvalue weighted by atomic mass is 35.5. The van der Waals surface area contributed by atoms with Crippen LogP contribution in [0.2, 0.25) is 14.4 Å². The van der Waals surface area contributed by atoms with E-state index in [-0.39, 0.29) is 16.1 Å². The summed E-state index contributed by atoms with van der Waals surface area (Å²) in [6, 6.07) is 11.6. The predicted molar refractivity (Wildman–Crippen MR) is 116 cm³/mol. The van der Waals surface area contributed by atoms with Crippen molar-refractivity contribution in [1.82, 2.24) is 4.57 Å². The first-order valence-electron chi connectivity index (χ1n) is 8.19. The van der Waals surface area contributed by atoms with Gasteiger partial charge in [0.15, 0.2) is 0 Å². The fraction of sp³-hybridized carbons (Fsp3) is 0.100. The molecule has 28 heavy (non-hydrogen) atoms. The predicted octanol–water partition coefficient (Wildman–Crippen LogP) is 5.98. The van der Waals surface area contributed by atoms with Crippen LogP contribution in [-0.2, 0) is 13.0 Å². The summed E-state index contributed by atoms with van der Waals surface area (Å²) < 4.78 is 2.19. The molecule has 4 nitrogen and oxygen atoms in total. The number of carboxylic acids is 1. The molecule has 0 amide bonds. The van der Waals surface area contributed by atoms with Crippen LogP contribution in [0.1, 0.15) is 26.5 Å². The first kappa shape index (κ1) is 20.7. The van der Waals surface area contributed by atoms with E-state index >= 15 is 0 Å². The summed E-state index contributed by atoms with van der Waals surface area (Å²) in [6.45, 7) is 0.344. The van der Waals surface area contributed by atoms with Crippen molar-refractivity contribution in [3.8, 4) is 0 Å². The highest BCUT2D eigenvalue weighted by Crippen LogP contribution is 2.25. The van der Waals surface area contributed by atoms with Gasteiger partial charge in [0.1, 0.15) is 5.02 Å². The Kier molecular flexibility index (Phi) is 6.62. The van der Waals surface area contributed by atoms with Crippen LogP contribution in [0.5, 0.6) is 0 Å². The summed E-state index contributed by atoms with van der Waals surface area (Å²) >= 11 is 19.7. The molecule has 0 atom stereocenters. The van der Waals surface area contributed by atoms with Crippen LogP contribution in [0.15, 0.2) is 47.3 Å². The van der Waals surface area contributed by atoms with Gasteiger partial charge in [0.05, 0.1) is 20.6 Å². The number of pyridine rings is 1. The standard InChI is InChI=1S/C20H14Cl3NO3S/c21-15-11-16(22)19(25)24(17(15)7-5-14-6-8-18(23)28-14)10-9-12-1-3-13(4-2-12)20(26)27/h1-8,11H,9-10H2,(H,26,27)/b7-5+. The average Bonchev–Trinajstić information content (AvgIpc) is 3.08. The molecule has 2 heterocycles. The highest BCUT2D eigenvalue weighted by Gasteiger charge is 2.11. The third-order valence-electron chi connectivity index (χ3n) is 4.06. The number of thiophene rings is 1. The molecule has 0 radical (unpaired) electrons. The first-order valence-corrected chi connectivity index (χ1v) is 10.1. The summed E-state index contributed by atoms with van der Waals surface area (Å²) in [6.07, 6.45) is 4.11. The second kappa shape index (κ2) is 8.97. The van der Waals surface area contributed by atoms with Crippen LogP contribution in [0.4, 0.5) is 0 Å². The lowest BCUT2D eigenvalue weighted by Gasteiger charge is -2.13. The van der Waals surface area contributed by atoms with Gasteiger partial charge in [0, 0.05) is 11.4 Å². The van der Waals surface area contributed by atoms with Crippen molar-refractivity contribution in [3.63, 3.8) is 0 Å². The Morgan fingerprint density at radius 3 is 2.36 bits per heavy atom. The van der Waals surface area contributed by atoms with Crippen LogP contribution in [0.25, 0.3) is 12.2 Å². The van der Waals surface area contributed by atoms with E-state index in [1.54, 1.807) is 24.3 Å². The number of benzene rings is 1. The molecule has 144 valence electrons. The molecule has 1 N–H and O–H groups in total. The number of hydrogen-bond acceptors (Lipinski definition) is 3. The quantitative estimate of drug-likeness (QED) is 0.498. The van der Waals surface area contributed by atoms with E-state index in [2.05, 4.69) is 0 Å². The number of nitrogens with zero attached hydrogens (tertiary/aromatic N) is 1. The van der Waals surface area contributed by atoms with Gasteiger partial charge in [-0.3, -0.25) is 4.79 Å². The Bertz CT molecular complexity index is 1100. The minimum absolute atomic E-state index is 0.0440. The maximum Gasteiger partial charge on any atom is 0.335 e. The Morgan fingerprint density at radius 1 is 1.04 bits per heavy atom. The molecule has 3 aromatic rings. The number of carbonyl (C=O) groups is 1. The molecule has 0 saturated heterocycles. The number of hydrogen-bond donors (Lipinski definition) is 1. The van der Waals surface area contributed by atoms with Crippen molar-refractivity contribution < 1.29 is 9.90 Å². The zero-order valence-electron chi connectivity index (χ0n) is 14.4. The summed E-state index contributed by atoms with van der Waals surface area (Å²) in [5.74, 6) is -0.981. The Hall–Kier alpha value is -2.05. The van der Waals surface area contributed by atoms with Crippen LogP contribution in [0.3, 0.4) is 0 Å². The number of aromatic nitrogens is 1. The van der Waals surface area contributed by atoms with Gasteiger partial charge >= 0.3 is 5.97 Å². The van der Waals surface area contributed by atoms with Crippen molar-refractivity contribution in [2.45, 2.75) is 13.0 Å². The molecular formula is C20H14Cl3NO3S. The second-order valence-electron chi connectivity index (χ2n) is 5.91. The lowest BCUT2D eigenvalue weighted by atomic mass is 10.1. The van der Waals surface area contributed by atoms with E-state index in [0.29, 0.717) is 28.0 Å². The van der Waals surface area contributed by atoms with Crippen molar-refractivity contribution >= 4 is 64.3 Å². The molecular weight excluding hydrogens is 441 g/mol. The Morgan fingerprint density at radius 2 is 1.75 bits per heavy atom. The van der Waals surface area contributed by atoms with E-state index in [1.165, 1.54) is 34.1 Å². The Balaban J connectivity index is 1.89. The SMILES string of the molecule is O=C(O)c1ccc(CCn2c(/C=C/c3ccc(Cl)s3)c(Cl)cc(Cl)c2=O)cc1. The molecule has 0 spiro atoms. The molecule has 2 aromatic heterocycles. The average molecular weight is 455 g/mol. The lowest BCUT2D eigenvalue weighted by molar-refractivity contribution is 0.0697. The monoisotopic (exact) mass is 453 g/mol. The third-order valence-corrected chi connectivity index (χ3v) is 5.83. The molecule has 8 heteroatoms. The van der Waals surface area contributed by atoms with Gasteiger partial charge in [-0.25, -0.2) is 4.79 Å². The van der Waals surface area contributed by atoms with Gasteiger partial charge < -0.3 is 9.67 Å². The van der Waals surface area contributed by atoms with Gasteiger partial charge in [-0.2, -0.15) is 0 Å². The zero-order valence-corrected chi connectivity index (χ0v) is 17.4. The van der Waals surface area contributed by atoms with Crippen molar-refractivity contribution in [3.05, 3.63) is 88.9 Å². The number of carboxylic acid groups (broad SMARTS) is 1. The molecule has 0 aliphatic carbocycles. The number of aromatic carboxylic acids is 1. The maximum absolute atomic E-state index is 12.6. The van der Waals surface area contributed by atoms with E-state index < -0.39 is 5.97 Å². The molecule has 0 aliphatic heterocycles. The molecule has 0 bridgehead atoms. The fourth-order valence-electron chi connectivity index (χ4n) is 2.64. The van der Waals surface area contributed by atoms with Crippen LogP contribution in [0, 0.1) is 0 Å². The fourth-order valence-corrected chi connectivity index (χ4v) is 4.14. The minimum atomic E-state index is -0.981. The van der Waals surface area contributed by atoms with E-state index in [1.807, 2.05) is 12.1 Å². The Labute approximate surface area is 180 Å². The third kappa shape index (κ3) is 4.86. The molecule has 0 saturated carbocycles. The van der Waals surface area contributed by atoms with Crippen LogP contribution < -0.4 is 5.56 Å². The van der Waals surface area contributed by atoms with Gasteiger partial charge in [0.2, 0.25) is 0 Å². The topological polar surface area (TPSA) is 59.3 Å². The van der Waals surface area contributed by atoms with E-state index in [4.69, 9.17) is 39.9 Å². The van der Waals surface area contributed by atoms with Crippen molar-refractivity contribution in [1.29, 1.82) is 0 Å². The van der Waals surface area contributed by atoms with Crippen molar-refractivity contribution in [2.75, 3.05) is 0 Å². The van der Waals surface area contributed by atoms with Gasteiger partial charge in [-0.15, -0.1) is 11.3 Å². The molecule has 3 rings (SSSR count). The number of halogens is 3. The summed E-state index contributed by atoms with van der Waals surface area (Å²) in [7, 11) is 0. The zero-order chi connectivity index (χ0) is 20.3. The second-order valence-corrected chi connectivity index (χ2v) is 8.47. The molecule has 0 unspecified atom stereocenters. The normalized spacial score (nSPS) is 11.2. The van der Waals surface area contributed by atoms with Crippen LogP contribution >= 0.6 is 46.1 Å². The van der Waals surface area contributed by atoms with Crippen LogP contribution in [-0.4, -0.2) is 15.6 Å². The summed E-state index contributed by atoms with van der Waals surface area (Å²) in [5, 5.41) is 9.39. The summed E-state index contributed by atoms with van der Waals surface area (Å²) in [4.78, 5) is 24.5. The van der Waals surface area contributed by atoms with E-state index in [0.717, 1.165) is 10.4 Å². The van der Waals surface area contributed by atoms with Gasteiger partial charge in [-0.1, -0.05) is 46.9 Å². The highest BCUT2D eigenvalue weighted by molar-refractivity contribution is 7.17. The molecule has 1 aromatic carbocycles. The van der Waals surface area contributed by atoms with Gasteiger partial charge in [-0.05, 0) is 54.5 Å². The summed E-state index contributed by atoms with van der Waals surface area (Å²) in [5.41, 5.74) is 1.32. The van der Waals surface area contributed by atoms with Gasteiger partial charge in [0.25, 0.3) is 5.56 Å². The molecule has 0 fully saturated rings. The van der Waals surface area contributed by atoms with Crippen molar-refractivity contribution in [2.24, 2.45) is 0 Å². The number of aryl methyl sites for hydroxylation is 1. The molecule has 0 aliphatic rings. The first-order chi connectivity index (χ1) is 13.3. The number of rotatable bonds is 6. The lowest BCUT2D eigenvalue weighted by Crippen LogP contribution is -2.24.